The molecule has 0 aliphatic rings. The lowest BCUT2D eigenvalue weighted by Gasteiger charge is -2.07. The fraction of sp³-hybridized carbons (Fsp3) is 0.0667. The van der Waals surface area contributed by atoms with E-state index in [1.165, 1.54) is 23.1 Å². The van der Waals surface area contributed by atoms with E-state index in [4.69, 9.17) is 11.6 Å². The zero-order valence-electron chi connectivity index (χ0n) is 11.0. The predicted molar refractivity (Wildman–Crippen MR) is 80.1 cm³/mol. The van der Waals surface area contributed by atoms with Crippen molar-refractivity contribution in [3.05, 3.63) is 76.1 Å². The zero-order valence-corrected chi connectivity index (χ0v) is 11.7. The highest BCUT2D eigenvalue weighted by molar-refractivity contribution is 6.29. The van der Waals surface area contributed by atoms with Gasteiger partial charge in [-0.25, -0.2) is 4.68 Å². The van der Waals surface area contributed by atoms with Crippen LogP contribution in [0.15, 0.2) is 59.8 Å². The number of hydrogen-bond donors (Lipinski definition) is 0. The molecule has 0 spiro atoms. The van der Waals surface area contributed by atoms with Crippen LogP contribution in [0.2, 0.25) is 5.15 Å². The average Bonchev–Trinajstić information content (AvgIpc) is 2.52. The molecular formula is C15H11ClN4O. The Morgan fingerprint density at radius 3 is 2.67 bits per heavy atom. The normalized spacial score (nSPS) is 10.5. The molecule has 5 nitrogen and oxygen atoms in total. The lowest BCUT2D eigenvalue weighted by Crippen LogP contribution is -2.25. The van der Waals surface area contributed by atoms with Gasteiger partial charge < -0.3 is 0 Å². The highest BCUT2D eigenvalue weighted by atomic mass is 35.5. The minimum Gasteiger partial charge on any atom is -0.267 e. The topological polar surface area (TPSA) is 60.7 Å². The summed E-state index contributed by atoms with van der Waals surface area (Å²) in [5.41, 5.74) is 1.59. The van der Waals surface area contributed by atoms with Gasteiger partial charge in [0.05, 0.1) is 24.0 Å². The summed E-state index contributed by atoms with van der Waals surface area (Å²) in [7, 11) is 0. The number of hydrogen-bond acceptors (Lipinski definition) is 4. The first kappa shape index (κ1) is 13.5. The van der Waals surface area contributed by atoms with E-state index in [-0.39, 0.29) is 10.7 Å². The molecule has 0 fully saturated rings. The van der Waals surface area contributed by atoms with Crippen molar-refractivity contribution >= 4 is 11.6 Å². The zero-order chi connectivity index (χ0) is 14.7. The van der Waals surface area contributed by atoms with E-state index < -0.39 is 0 Å². The third-order valence-corrected chi connectivity index (χ3v) is 3.14. The minimum atomic E-state index is -0.247. The van der Waals surface area contributed by atoms with Crippen LogP contribution in [0.3, 0.4) is 0 Å². The summed E-state index contributed by atoms with van der Waals surface area (Å²) in [5, 5.41) is 4.32. The number of nitrogens with zero attached hydrogens (tertiary/aromatic N) is 4. The van der Waals surface area contributed by atoms with E-state index in [1.807, 2.05) is 30.3 Å². The van der Waals surface area contributed by atoms with Gasteiger partial charge in [-0.2, -0.15) is 5.10 Å². The standard InChI is InChI=1S/C15H11ClN4O/c16-14-8-12(13-9-17-6-7-18-13)15(21)20(19-14)10-11-4-2-1-3-5-11/h1-9H,10H2. The monoisotopic (exact) mass is 298 g/mol. The maximum absolute atomic E-state index is 12.5. The summed E-state index contributed by atoms with van der Waals surface area (Å²) in [6.45, 7) is 0.355. The molecule has 21 heavy (non-hydrogen) atoms. The van der Waals surface area contributed by atoms with Gasteiger partial charge in [0.25, 0.3) is 5.56 Å². The maximum atomic E-state index is 12.5. The average molecular weight is 299 g/mol. The number of aromatic nitrogens is 4. The molecule has 3 aromatic rings. The lowest BCUT2D eigenvalue weighted by molar-refractivity contribution is 0.641. The van der Waals surface area contributed by atoms with Gasteiger partial charge >= 0.3 is 0 Å². The van der Waals surface area contributed by atoms with Crippen LogP contribution in [0.5, 0.6) is 0 Å². The second kappa shape index (κ2) is 5.85. The van der Waals surface area contributed by atoms with E-state index in [9.17, 15) is 4.79 Å². The molecular weight excluding hydrogens is 288 g/mol. The molecule has 0 aliphatic heterocycles. The Kier molecular flexibility index (Phi) is 3.75. The summed E-state index contributed by atoms with van der Waals surface area (Å²) in [4.78, 5) is 20.6. The van der Waals surface area contributed by atoms with Gasteiger partial charge in [0.1, 0.15) is 0 Å². The molecule has 0 unspecified atom stereocenters. The molecule has 6 heteroatoms. The van der Waals surface area contributed by atoms with Crippen LogP contribution >= 0.6 is 11.6 Å². The molecule has 0 amide bonds. The first-order chi connectivity index (χ1) is 10.2. The lowest BCUT2D eigenvalue weighted by atomic mass is 10.2. The first-order valence-electron chi connectivity index (χ1n) is 6.32. The number of benzene rings is 1. The first-order valence-corrected chi connectivity index (χ1v) is 6.70. The molecule has 2 aromatic heterocycles. The van der Waals surface area contributed by atoms with Crippen LogP contribution < -0.4 is 5.56 Å². The Morgan fingerprint density at radius 2 is 1.95 bits per heavy atom. The molecule has 104 valence electrons. The van der Waals surface area contributed by atoms with Crippen molar-refractivity contribution in [3.8, 4) is 11.3 Å². The van der Waals surface area contributed by atoms with E-state index in [1.54, 1.807) is 6.20 Å². The van der Waals surface area contributed by atoms with Crippen molar-refractivity contribution in [1.82, 2.24) is 19.7 Å². The quantitative estimate of drug-likeness (QED) is 0.745. The van der Waals surface area contributed by atoms with Gasteiger partial charge in [0, 0.05) is 12.4 Å². The van der Waals surface area contributed by atoms with E-state index >= 15 is 0 Å². The summed E-state index contributed by atoms with van der Waals surface area (Å²) >= 11 is 6.02. The van der Waals surface area contributed by atoms with Gasteiger partial charge in [0.2, 0.25) is 0 Å². The molecule has 0 N–H and O–H groups in total. The van der Waals surface area contributed by atoms with E-state index in [0.717, 1.165) is 5.56 Å². The minimum absolute atomic E-state index is 0.242. The van der Waals surface area contributed by atoms with Crippen LogP contribution in [-0.2, 0) is 6.54 Å². The van der Waals surface area contributed by atoms with Gasteiger partial charge in [-0.05, 0) is 11.6 Å². The summed E-state index contributed by atoms with van der Waals surface area (Å²) < 4.78 is 1.34. The summed E-state index contributed by atoms with van der Waals surface area (Å²) in [5.74, 6) is 0. The molecule has 0 aliphatic carbocycles. The van der Waals surface area contributed by atoms with Gasteiger partial charge in [0.15, 0.2) is 5.15 Å². The molecule has 0 radical (unpaired) electrons. The van der Waals surface area contributed by atoms with Crippen LogP contribution in [0.4, 0.5) is 0 Å². The van der Waals surface area contributed by atoms with Gasteiger partial charge in [-0.1, -0.05) is 41.9 Å². The molecule has 0 atom stereocenters. The van der Waals surface area contributed by atoms with Crippen molar-refractivity contribution in [3.63, 3.8) is 0 Å². The van der Waals surface area contributed by atoms with E-state index in [2.05, 4.69) is 15.1 Å². The Balaban J connectivity index is 2.07. The fourth-order valence-electron chi connectivity index (χ4n) is 1.99. The second-order valence-corrected chi connectivity index (χ2v) is 4.81. The molecule has 0 saturated carbocycles. The summed E-state index contributed by atoms with van der Waals surface area (Å²) in [6, 6.07) is 11.1. The SMILES string of the molecule is O=c1c(-c2cnccn2)cc(Cl)nn1Cc1ccccc1. The third kappa shape index (κ3) is 2.98. The Hall–Kier alpha value is -2.53. The highest BCUT2D eigenvalue weighted by Gasteiger charge is 2.11. The Morgan fingerprint density at radius 1 is 1.14 bits per heavy atom. The van der Waals surface area contributed by atoms with Crippen LogP contribution in [0.1, 0.15) is 5.56 Å². The molecule has 0 saturated heterocycles. The smallest absolute Gasteiger partial charge is 0.267 e. The third-order valence-electron chi connectivity index (χ3n) is 2.96. The van der Waals surface area contributed by atoms with Crippen molar-refractivity contribution in [1.29, 1.82) is 0 Å². The van der Waals surface area contributed by atoms with Crippen LogP contribution in [0.25, 0.3) is 11.3 Å². The van der Waals surface area contributed by atoms with Crippen LogP contribution in [0, 0.1) is 0 Å². The van der Waals surface area contributed by atoms with Crippen molar-refractivity contribution in [2.45, 2.75) is 6.54 Å². The Bertz CT molecular complexity index is 803. The van der Waals surface area contributed by atoms with Crippen molar-refractivity contribution < 1.29 is 0 Å². The number of rotatable bonds is 3. The second-order valence-electron chi connectivity index (χ2n) is 4.42. The molecule has 3 rings (SSSR count). The van der Waals surface area contributed by atoms with Gasteiger partial charge in [-0.3, -0.25) is 14.8 Å². The maximum Gasteiger partial charge on any atom is 0.276 e. The highest BCUT2D eigenvalue weighted by Crippen LogP contribution is 2.14. The largest absolute Gasteiger partial charge is 0.276 e. The van der Waals surface area contributed by atoms with Crippen molar-refractivity contribution in [2.75, 3.05) is 0 Å². The number of halogens is 1. The fourth-order valence-corrected chi connectivity index (χ4v) is 2.20. The van der Waals surface area contributed by atoms with Gasteiger partial charge in [-0.15, -0.1) is 0 Å². The molecule has 0 bridgehead atoms. The Labute approximate surface area is 125 Å². The predicted octanol–water partition coefficient (Wildman–Crippen LogP) is 2.40. The molecule has 1 aromatic carbocycles. The van der Waals surface area contributed by atoms with Crippen LogP contribution in [-0.4, -0.2) is 19.7 Å². The summed E-state index contributed by atoms with van der Waals surface area (Å²) in [6.07, 6.45) is 4.61. The van der Waals surface area contributed by atoms with Crippen molar-refractivity contribution in [2.24, 2.45) is 0 Å². The molecule has 2 heterocycles. The van der Waals surface area contributed by atoms with E-state index in [0.29, 0.717) is 17.8 Å².